The average Bonchev–Trinajstić information content (AvgIpc) is 3.13. The number of allylic oxidation sites excluding steroid dienone is 7. The minimum atomic E-state index is -4.55. The fourth-order valence-corrected chi connectivity index (χ4v) is 6.66. The lowest BCUT2D eigenvalue weighted by Gasteiger charge is -2.28. The van der Waals surface area contributed by atoms with Gasteiger partial charge in [-0.25, -0.2) is 0 Å². The minimum absolute atomic E-state index is 0.00494. The van der Waals surface area contributed by atoms with Crippen LogP contribution >= 0.6 is 7.82 Å². The molecule has 0 aromatic heterocycles. The maximum atomic E-state index is 12.6. The van der Waals surface area contributed by atoms with Crippen LogP contribution in [0.1, 0.15) is 187 Å². The van der Waals surface area contributed by atoms with Gasteiger partial charge in [-0.05, 0) is 63.9 Å². The molecule has 8 nitrogen and oxygen atoms in total. The van der Waals surface area contributed by atoms with E-state index in [9.17, 15) is 14.3 Å². The summed E-state index contributed by atoms with van der Waals surface area (Å²) in [4.78, 5) is 25.0. The van der Waals surface area contributed by atoms with Gasteiger partial charge in [-0.15, -0.1) is 0 Å². The predicted octanol–water partition coefficient (Wildman–Crippen LogP) is 12.9. The van der Waals surface area contributed by atoms with E-state index < -0.39 is 19.9 Å². The Balaban J connectivity index is 4.32. The highest BCUT2D eigenvalue weighted by Crippen LogP contribution is 2.38. The zero-order valence-corrected chi connectivity index (χ0v) is 37.3. The summed E-state index contributed by atoms with van der Waals surface area (Å²) in [6, 6.07) is 0. The normalized spacial score (nSPS) is 14.1. The van der Waals surface area contributed by atoms with E-state index in [1.807, 2.05) is 27.2 Å². The molecule has 0 saturated carbocycles. The van der Waals surface area contributed by atoms with Crippen LogP contribution in [0.5, 0.6) is 0 Å². The Morgan fingerprint density at radius 1 is 0.582 bits per heavy atom. The Kier molecular flexibility index (Phi) is 37.9. The van der Waals surface area contributed by atoms with Crippen molar-refractivity contribution in [3.05, 3.63) is 48.8 Å². The Morgan fingerprint density at radius 2 is 1.02 bits per heavy atom. The van der Waals surface area contributed by atoms with Crippen LogP contribution in [0.15, 0.2) is 48.8 Å². The van der Waals surface area contributed by atoms with Crippen LogP contribution < -0.4 is 4.89 Å². The third kappa shape index (κ3) is 43.3. The number of carbonyl (C=O) groups is 1. The van der Waals surface area contributed by atoms with Crippen molar-refractivity contribution in [1.29, 1.82) is 0 Å². The number of carbonyl (C=O) groups excluding carboxylic acids is 1. The third-order valence-electron chi connectivity index (χ3n) is 9.45. The summed E-state index contributed by atoms with van der Waals surface area (Å²) in [5.41, 5.74) is 0. The van der Waals surface area contributed by atoms with Crippen LogP contribution in [-0.2, 0) is 27.9 Å². The first-order valence-electron chi connectivity index (χ1n) is 22.4. The van der Waals surface area contributed by atoms with Crippen molar-refractivity contribution in [3.63, 3.8) is 0 Å². The molecule has 55 heavy (non-hydrogen) atoms. The number of quaternary nitrogens is 1. The van der Waals surface area contributed by atoms with Gasteiger partial charge in [-0.1, -0.05) is 159 Å². The molecule has 0 radical (unpaired) electrons. The number of phosphoric ester groups is 1. The number of likely N-dealkylation sites (N-methyl/N-ethyl adjacent to an activating group) is 1. The molecule has 0 aromatic carbocycles. The smallest absolute Gasteiger partial charge is 0.306 e. The Hall–Kier alpha value is -1.70. The molecular formula is C46H86NO7P. The fraction of sp³-hybridized carbons (Fsp3) is 0.804. The first kappa shape index (κ1) is 53.3. The lowest BCUT2D eigenvalue weighted by molar-refractivity contribution is -0.870. The van der Waals surface area contributed by atoms with Crippen molar-refractivity contribution in [2.45, 2.75) is 193 Å². The molecule has 0 saturated heterocycles. The van der Waals surface area contributed by atoms with Gasteiger partial charge in [0.25, 0.3) is 7.82 Å². The lowest BCUT2D eigenvalue weighted by atomic mass is 10.0. The highest BCUT2D eigenvalue weighted by atomic mass is 31.2. The van der Waals surface area contributed by atoms with Crippen molar-refractivity contribution in [3.8, 4) is 0 Å². The van der Waals surface area contributed by atoms with Crippen molar-refractivity contribution in [2.24, 2.45) is 0 Å². The lowest BCUT2D eigenvalue weighted by Crippen LogP contribution is -2.37. The summed E-state index contributed by atoms with van der Waals surface area (Å²) in [6.07, 6.45) is 47.9. The first-order valence-corrected chi connectivity index (χ1v) is 23.9. The van der Waals surface area contributed by atoms with E-state index in [1.54, 1.807) is 6.26 Å². The molecule has 0 aliphatic heterocycles. The third-order valence-corrected chi connectivity index (χ3v) is 10.4. The molecule has 1 unspecified atom stereocenters. The zero-order chi connectivity index (χ0) is 40.6. The fourth-order valence-electron chi connectivity index (χ4n) is 5.93. The van der Waals surface area contributed by atoms with Crippen LogP contribution in [0.2, 0.25) is 0 Å². The van der Waals surface area contributed by atoms with Crippen molar-refractivity contribution >= 4 is 13.8 Å². The van der Waals surface area contributed by atoms with Gasteiger partial charge in [0.05, 0.1) is 34.0 Å². The molecule has 322 valence electrons. The van der Waals surface area contributed by atoms with Crippen molar-refractivity contribution < 1.29 is 37.3 Å². The second kappa shape index (κ2) is 39.1. The average molecular weight is 796 g/mol. The van der Waals surface area contributed by atoms with E-state index in [-0.39, 0.29) is 26.2 Å². The second-order valence-electron chi connectivity index (χ2n) is 16.1. The molecule has 0 aliphatic rings. The van der Waals surface area contributed by atoms with Crippen LogP contribution in [0.4, 0.5) is 0 Å². The first-order chi connectivity index (χ1) is 26.6. The largest absolute Gasteiger partial charge is 0.756 e. The molecule has 0 heterocycles. The Bertz CT molecular complexity index is 1020. The number of unbranched alkanes of at least 4 members (excludes halogenated alkanes) is 21. The van der Waals surface area contributed by atoms with E-state index in [0.29, 0.717) is 17.4 Å². The minimum Gasteiger partial charge on any atom is -0.756 e. The van der Waals surface area contributed by atoms with Gasteiger partial charge in [-0.2, -0.15) is 0 Å². The van der Waals surface area contributed by atoms with E-state index in [4.69, 9.17) is 18.5 Å². The van der Waals surface area contributed by atoms with E-state index in [0.717, 1.165) is 38.5 Å². The molecule has 0 N–H and O–H groups in total. The number of ether oxygens (including phenoxy) is 2. The molecule has 0 aromatic rings. The summed E-state index contributed by atoms with van der Waals surface area (Å²) >= 11 is 0. The molecule has 0 rings (SSSR count). The summed E-state index contributed by atoms with van der Waals surface area (Å²) in [5.74, 6) is -0.393. The predicted molar refractivity (Wildman–Crippen MR) is 231 cm³/mol. The maximum absolute atomic E-state index is 12.6. The molecular weight excluding hydrogens is 709 g/mol. The molecule has 0 bridgehead atoms. The summed E-state index contributed by atoms with van der Waals surface area (Å²) in [6.45, 7) is 4.67. The highest BCUT2D eigenvalue weighted by Gasteiger charge is 2.20. The molecule has 2 atom stereocenters. The van der Waals surface area contributed by atoms with Gasteiger partial charge in [0.1, 0.15) is 19.8 Å². The summed E-state index contributed by atoms with van der Waals surface area (Å²) in [7, 11) is 1.30. The standard InChI is InChI=1S/C46H86NO7P/c1-6-8-10-12-14-16-18-20-22-23-24-26-28-30-32-34-36-38-41-51-43-45(44-53-55(49,50)52-42-40-47(3,4)5)54-46(48)39-37-35-33-31-29-27-25-21-19-17-15-13-11-9-7-2/h15,17,21,25,29,31,38,41,45H,6-14,16,18-20,22-24,26-28,30,32-37,39-40,42-44H2,1-5H3/b17-15-,25-21-,31-29-,41-38-/t45-/m1/s1. The molecule has 9 heteroatoms. The number of hydrogen-bond donors (Lipinski definition) is 0. The van der Waals surface area contributed by atoms with E-state index in [1.165, 1.54) is 122 Å². The number of nitrogens with zero attached hydrogens (tertiary/aromatic N) is 1. The highest BCUT2D eigenvalue weighted by molar-refractivity contribution is 7.45. The van der Waals surface area contributed by atoms with Gasteiger partial charge in [0, 0.05) is 6.42 Å². The Morgan fingerprint density at radius 3 is 1.55 bits per heavy atom. The van der Waals surface area contributed by atoms with Crippen LogP contribution in [-0.4, -0.2) is 64.1 Å². The van der Waals surface area contributed by atoms with E-state index in [2.05, 4.69) is 50.3 Å². The Labute approximate surface area is 339 Å². The number of rotatable bonds is 41. The molecule has 0 aliphatic carbocycles. The van der Waals surface area contributed by atoms with Crippen LogP contribution in [0, 0.1) is 0 Å². The van der Waals surface area contributed by atoms with Gasteiger partial charge in [0.15, 0.2) is 6.10 Å². The summed E-state index contributed by atoms with van der Waals surface area (Å²) in [5, 5.41) is 0. The van der Waals surface area contributed by atoms with Gasteiger partial charge >= 0.3 is 5.97 Å². The quantitative estimate of drug-likeness (QED) is 0.0152. The van der Waals surface area contributed by atoms with Crippen molar-refractivity contribution in [1.82, 2.24) is 0 Å². The number of phosphoric acid groups is 1. The molecule has 0 amide bonds. The monoisotopic (exact) mass is 796 g/mol. The summed E-state index contributed by atoms with van der Waals surface area (Å²) < 4.78 is 34.3. The SMILES string of the molecule is CCCCC/C=C\C/C=C\C/C=C\CCCCC(=O)O[C@H](CO/C=C\CCCCCCCCCCCCCCCCCC)COP(=O)([O-])OCC[N+](C)(C)C. The zero-order valence-electron chi connectivity index (χ0n) is 36.4. The van der Waals surface area contributed by atoms with Gasteiger partial charge in [-0.3, -0.25) is 9.36 Å². The maximum Gasteiger partial charge on any atom is 0.306 e. The van der Waals surface area contributed by atoms with Crippen LogP contribution in [0.3, 0.4) is 0 Å². The van der Waals surface area contributed by atoms with Gasteiger partial charge in [0.2, 0.25) is 0 Å². The number of esters is 1. The van der Waals surface area contributed by atoms with Crippen molar-refractivity contribution in [2.75, 3.05) is 47.5 Å². The van der Waals surface area contributed by atoms with Crippen LogP contribution in [0.25, 0.3) is 0 Å². The molecule has 0 fully saturated rings. The second-order valence-corrected chi connectivity index (χ2v) is 17.5. The topological polar surface area (TPSA) is 94.1 Å². The molecule has 0 spiro atoms. The van der Waals surface area contributed by atoms with E-state index >= 15 is 0 Å². The number of hydrogen-bond acceptors (Lipinski definition) is 7. The van der Waals surface area contributed by atoms with Gasteiger partial charge < -0.3 is 27.9 Å².